The van der Waals surface area contributed by atoms with Crippen molar-refractivity contribution in [2.75, 3.05) is 0 Å². The van der Waals surface area contributed by atoms with Crippen LogP contribution in [0.2, 0.25) is 0 Å². The molecule has 0 spiro atoms. The van der Waals surface area contributed by atoms with E-state index in [-0.39, 0.29) is 17.2 Å². The van der Waals surface area contributed by atoms with Crippen LogP contribution in [0.5, 0.6) is 0 Å². The highest BCUT2D eigenvalue weighted by atomic mass is 16.7. The summed E-state index contributed by atoms with van der Waals surface area (Å²) in [7, 11) is 0. The SMILES string of the molecule is CC.CCCC(ON1C(C)(C)CCCC1(C)C)c1ccccc1. The van der Waals surface area contributed by atoms with Gasteiger partial charge in [-0.15, -0.1) is 0 Å². The Morgan fingerprint density at radius 1 is 1.00 bits per heavy atom. The van der Waals surface area contributed by atoms with Gasteiger partial charge in [0.15, 0.2) is 0 Å². The fourth-order valence-corrected chi connectivity index (χ4v) is 3.60. The van der Waals surface area contributed by atoms with Crippen LogP contribution < -0.4 is 0 Å². The molecule has 1 fully saturated rings. The van der Waals surface area contributed by atoms with E-state index in [0.717, 1.165) is 12.8 Å². The Hall–Kier alpha value is -0.860. The molecule has 0 bridgehead atoms. The van der Waals surface area contributed by atoms with Crippen molar-refractivity contribution in [3.8, 4) is 0 Å². The number of benzene rings is 1. The maximum Gasteiger partial charge on any atom is 0.104 e. The third-order valence-corrected chi connectivity index (χ3v) is 4.63. The van der Waals surface area contributed by atoms with E-state index in [1.807, 2.05) is 13.8 Å². The summed E-state index contributed by atoms with van der Waals surface area (Å²) in [6, 6.07) is 10.7. The number of hydroxylamine groups is 2. The van der Waals surface area contributed by atoms with E-state index in [4.69, 9.17) is 4.84 Å². The topological polar surface area (TPSA) is 12.5 Å². The lowest BCUT2D eigenvalue weighted by Gasteiger charge is -2.52. The molecule has 1 aliphatic heterocycles. The second kappa shape index (κ2) is 8.84. The van der Waals surface area contributed by atoms with Gasteiger partial charge < -0.3 is 0 Å². The Morgan fingerprint density at radius 3 is 2.00 bits per heavy atom. The minimum absolute atomic E-state index is 0.0997. The molecular formula is C21H37NO. The largest absolute Gasteiger partial charge is 0.290 e. The molecule has 0 aliphatic carbocycles. The molecule has 1 aromatic carbocycles. The monoisotopic (exact) mass is 319 g/mol. The van der Waals surface area contributed by atoms with Gasteiger partial charge in [0.1, 0.15) is 6.10 Å². The smallest absolute Gasteiger partial charge is 0.104 e. The first-order valence-electron chi connectivity index (χ1n) is 9.39. The molecule has 1 unspecified atom stereocenters. The predicted octanol–water partition coefficient (Wildman–Crippen LogP) is 6.53. The normalized spacial score (nSPS) is 21.2. The van der Waals surface area contributed by atoms with Gasteiger partial charge in [0.05, 0.1) is 0 Å². The first kappa shape index (κ1) is 20.2. The summed E-state index contributed by atoms with van der Waals surface area (Å²) in [6.45, 7) is 15.5. The van der Waals surface area contributed by atoms with E-state index in [0.29, 0.717) is 0 Å². The lowest BCUT2D eigenvalue weighted by molar-refractivity contribution is -0.308. The van der Waals surface area contributed by atoms with Crippen LogP contribution in [0.4, 0.5) is 0 Å². The van der Waals surface area contributed by atoms with Crippen LogP contribution in [-0.4, -0.2) is 16.1 Å². The molecule has 0 aromatic heterocycles. The lowest BCUT2D eigenvalue weighted by atomic mass is 9.82. The summed E-state index contributed by atoms with van der Waals surface area (Å²) in [5.41, 5.74) is 1.49. The Morgan fingerprint density at radius 2 is 1.52 bits per heavy atom. The molecule has 1 saturated heterocycles. The standard InChI is InChI=1S/C19H31NO.C2H6/c1-6-11-17(16-12-8-7-9-13-16)21-20-18(2,3)14-10-15-19(20,4)5;1-2/h7-9,12-13,17H,6,10-11,14-15H2,1-5H3;1-2H3. The summed E-state index contributed by atoms with van der Waals surface area (Å²) in [5.74, 6) is 0. The summed E-state index contributed by atoms with van der Waals surface area (Å²) in [4.78, 5) is 6.58. The van der Waals surface area contributed by atoms with Gasteiger partial charge in [0.2, 0.25) is 0 Å². The molecule has 1 aromatic rings. The van der Waals surface area contributed by atoms with Crippen LogP contribution >= 0.6 is 0 Å². The van der Waals surface area contributed by atoms with E-state index >= 15 is 0 Å². The van der Waals surface area contributed by atoms with E-state index in [1.165, 1.54) is 24.8 Å². The van der Waals surface area contributed by atoms with E-state index in [9.17, 15) is 0 Å². The van der Waals surface area contributed by atoms with Gasteiger partial charge in [-0.05, 0) is 58.9 Å². The highest BCUT2D eigenvalue weighted by Gasteiger charge is 2.43. The van der Waals surface area contributed by atoms with Gasteiger partial charge in [0, 0.05) is 11.1 Å². The van der Waals surface area contributed by atoms with E-state index in [2.05, 4.69) is 70.0 Å². The zero-order chi connectivity index (χ0) is 17.5. The van der Waals surface area contributed by atoms with Crippen molar-refractivity contribution < 1.29 is 4.84 Å². The Kier molecular flexibility index (Phi) is 7.76. The van der Waals surface area contributed by atoms with Crippen molar-refractivity contribution in [3.63, 3.8) is 0 Å². The van der Waals surface area contributed by atoms with Crippen molar-refractivity contribution in [3.05, 3.63) is 35.9 Å². The van der Waals surface area contributed by atoms with Crippen molar-refractivity contribution in [2.24, 2.45) is 0 Å². The number of hydrogen-bond acceptors (Lipinski definition) is 2. The molecule has 2 rings (SSSR count). The molecule has 0 saturated carbocycles. The van der Waals surface area contributed by atoms with Gasteiger partial charge >= 0.3 is 0 Å². The quantitative estimate of drug-likeness (QED) is 0.612. The van der Waals surface area contributed by atoms with Crippen molar-refractivity contribution in [1.82, 2.24) is 5.06 Å². The fourth-order valence-electron chi connectivity index (χ4n) is 3.60. The Labute approximate surface area is 144 Å². The molecule has 23 heavy (non-hydrogen) atoms. The predicted molar refractivity (Wildman–Crippen MR) is 100 cm³/mol. The Bertz CT molecular complexity index is 422. The lowest BCUT2D eigenvalue weighted by Crippen LogP contribution is -2.58. The van der Waals surface area contributed by atoms with Gasteiger partial charge in [-0.25, -0.2) is 0 Å². The van der Waals surface area contributed by atoms with Crippen molar-refractivity contribution in [1.29, 1.82) is 0 Å². The zero-order valence-corrected chi connectivity index (χ0v) is 16.4. The maximum absolute atomic E-state index is 6.58. The average molecular weight is 320 g/mol. The summed E-state index contributed by atoms with van der Waals surface area (Å²) in [6.07, 6.45) is 6.03. The average Bonchev–Trinajstić information content (AvgIpc) is 2.52. The summed E-state index contributed by atoms with van der Waals surface area (Å²) in [5, 5.41) is 2.29. The molecule has 0 amide bonds. The number of nitrogens with zero attached hydrogens (tertiary/aromatic N) is 1. The van der Waals surface area contributed by atoms with E-state index < -0.39 is 0 Å². The minimum Gasteiger partial charge on any atom is -0.290 e. The van der Waals surface area contributed by atoms with Crippen LogP contribution in [-0.2, 0) is 4.84 Å². The fraction of sp³-hybridized carbons (Fsp3) is 0.714. The molecule has 1 aliphatic rings. The van der Waals surface area contributed by atoms with E-state index in [1.54, 1.807) is 0 Å². The molecule has 2 heteroatoms. The molecule has 1 heterocycles. The van der Waals surface area contributed by atoms with Crippen molar-refractivity contribution >= 4 is 0 Å². The molecule has 0 radical (unpaired) electrons. The highest BCUT2D eigenvalue weighted by molar-refractivity contribution is 5.17. The minimum atomic E-state index is 0.0997. The third-order valence-electron chi connectivity index (χ3n) is 4.63. The molecule has 1 atom stereocenters. The van der Waals surface area contributed by atoms with Crippen LogP contribution in [0, 0.1) is 0 Å². The van der Waals surface area contributed by atoms with Gasteiger partial charge in [-0.1, -0.05) is 57.5 Å². The molecule has 2 nitrogen and oxygen atoms in total. The van der Waals surface area contributed by atoms with Gasteiger partial charge in [-0.3, -0.25) is 4.84 Å². The van der Waals surface area contributed by atoms with Crippen LogP contribution in [0.3, 0.4) is 0 Å². The Balaban J connectivity index is 0.00000127. The molecule has 0 N–H and O–H groups in total. The number of rotatable bonds is 5. The third kappa shape index (κ3) is 5.32. The van der Waals surface area contributed by atoms with Crippen LogP contribution in [0.15, 0.2) is 30.3 Å². The first-order chi connectivity index (χ1) is 10.9. The second-order valence-corrected chi connectivity index (χ2v) is 7.57. The second-order valence-electron chi connectivity index (χ2n) is 7.57. The maximum atomic E-state index is 6.58. The molecular weight excluding hydrogens is 282 g/mol. The van der Waals surface area contributed by atoms with Gasteiger partial charge in [-0.2, -0.15) is 5.06 Å². The summed E-state index contributed by atoms with van der Waals surface area (Å²) < 4.78 is 0. The number of piperidine rings is 1. The first-order valence-corrected chi connectivity index (χ1v) is 9.39. The highest BCUT2D eigenvalue weighted by Crippen LogP contribution is 2.41. The zero-order valence-electron chi connectivity index (χ0n) is 16.4. The van der Waals surface area contributed by atoms with Gasteiger partial charge in [0.25, 0.3) is 0 Å². The van der Waals surface area contributed by atoms with Crippen LogP contribution in [0.1, 0.15) is 92.2 Å². The van der Waals surface area contributed by atoms with Crippen LogP contribution in [0.25, 0.3) is 0 Å². The molecule has 132 valence electrons. The summed E-state index contributed by atoms with van der Waals surface area (Å²) >= 11 is 0. The van der Waals surface area contributed by atoms with Crippen molar-refractivity contribution in [2.45, 2.75) is 97.8 Å². The number of hydrogen-bond donors (Lipinski definition) is 0.